The van der Waals surface area contributed by atoms with Crippen molar-refractivity contribution < 1.29 is 0 Å². The summed E-state index contributed by atoms with van der Waals surface area (Å²) in [6.45, 7) is 6.73. The molecule has 3 heteroatoms. The number of nitrogens with zero attached hydrogens (tertiary/aromatic N) is 1. The van der Waals surface area contributed by atoms with Crippen molar-refractivity contribution in [1.29, 1.82) is 0 Å². The van der Waals surface area contributed by atoms with E-state index >= 15 is 0 Å². The second-order valence-electron chi connectivity index (χ2n) is 4.85. The highest BCUT2D eigenvalue weighted by atomic mass is 32.2. The van der Waals surface area contributed by atoms with Gasteiger partial charge >= 0.3 is 0 Å². The van der Waals surface area contributed by atoms with Gasteiger partial charge in [-0.05, 0) is 62.9 Å². The van der Waals surface area contributed by atoms with Gasteiger partial charge < -0.3 is 5.32 Å². The first-order valence-electron chi connectivity index (χ1n) is 6.36. The van der Waals surface area contributed by atoms with Crippen molar-refractivity contribution in [2.75, 3.05) is 20.1 Å². The third-order valence-electron chi connectivity index (χ3n) is 3.43. The van der Waals surface area contributed by atoms with E-state index in [1.165, 1.54) is 42.0 Å². The number of rotatable bonds is 3. The smallest absolute Gasteiger partial charge is 0.0262 e. The first-order chi connectivity index (χ1) is 8.19. The SMILES string of the molecule is CNC1CCN(Sc2cc(C)ccc2C)CC1. The van der Waals surface area contributed by atoms with Crippen LogP contribution in [0.15, 0.2) is 23.1 Å². The zero-order valence-corrected chi connectivity index (χ0v) is 11.8. The standard InChI is InChI=1S/C14H22N2S/c1-11-4-5-12(2)14(10-11)17-16-8-6-13(15-3)7-9-16/h4-5,10,13,15H,6-9H2,1-3H3. The Morgan fingerprint density at radius 2 is 1.94 bits per heavy atom. The fraction of sp³-hybridized carbons (Fsp3) is 0.571. The molecule has 2 nitrogen and oxygen atoms in total. The minimum Gasteiger partial charge on any atom is -0.317 e. The molecule has 1 aliphatic heterocycles. The lowest BCUT2D eigenvalue weighted by Crippen LogP contribution is -2.38. The van der Waals surface area contributed by atoms with E-state index < -0.39 is 0 Å². The molecule has 1 saturated heterocycles. The lowest BCUT2D eigenvalue weighted by molar-refractivity contribution is 0.319. The fourth-order valence-corrected chi connectivity index (χ4v) is 3.30. The predicted octanol–water partition coefficient (Wildman–Crippen LogP) is 2.99. The van der Waals surface area contributed by atoms with E-state index in [4.69, 9.17) is 0 Å². The summed E-state index contributed by atoms with van der Waals surface area (Å²) in [4.78, 5) is 1.41. The second kappa shape index (κ2) is 5.89. The van der Waals surface area contributed by atoms with Gasteiger partial charge in [0.15, 0.2) is 0 Å². The van der Waals surface area contributed by atoms with Crippen LogP contribution in [0.25, 0.3) is 0 Å². The van der Waals surface area contributed by atoms with Crippen molar-refractivity contribution in [3.05, 3.63) is 29.3 Å². The largest absolute Gasteiger partial charge is 0.317 e. The molecular formula is C14H22N2S. The number of piperidine rings is 1. The van der Waals surface area contributed by atoms with Gasteiger partial charge in [-0.1, -0.05) is 12.1 Å². The van der Waals surface area contributed by atoms with Crippen molar-refractivity contribution in [3.8, 4) is 0 Å². The molecule has 1 heterocycles. The van der Waals surface area contributed by atoms with E-state index in [1.54, 1.807) is 0 Å². The molecule has 0 spiro atoms. The molecule has 0 amide bonds. The van der Waals surface area contributed by atoms with Crippen molar-refractivity contribution in [1.82, 2.24) is 9.62 Å². The van der Waals surface area contributed by atoms with Crippen LogP contribution in [-0.4, -0.2) is 30.5 Å². The Morgan fingerprint density at radius 3 is 2.59 bits per heavy atom. The molecule has 0 aliphatic carbocycles. The molecule has 94 valence electrons. The van der Waals surface area contributed by atoms with Crippen LogP contribution in [0.5, 0.6) is 0 Å². The van der Waals surface area contributed by atoms with Crippen LogP contribution in [0.2, 0.25) is 0 Å². The number of aryl methyl sites for hydroxylation is 2. The van der Waals surface area contributed by atoms with Crippen molar-refractivity contribution >= 4 is 11.9 Å². The van der Waals surface area contributed by atoms with Crippen LogP contribution < -0.4 is 5.32 Å². The highest BCUT2D eigenvalue weighted by molar-refractivity contribution is 7.97. The molecule has 0 bridgehead atoms. The van der Waals surface area contributed by atoms with Gasteiger partial charge in [-0.2, -0.15) is 0 Å². The Labute approximate surface area is 109 Å². The molecule has 1 N–H and O–H groups in total. The van der Waals surface area contributed by atoms with Crippen LogP contribution in [0, 0.1) is 13.8 Å². The van der Waals surface area contributed by atoms with Crippen LogP contribution >= 0.6 is 11.9 Å². The van der Waals surface area contributed by atoms with Gasteiger partial charge in [0.2, 0.25) is 0 Å². The molecule has 1 fully saturated rings. The summed E-state index contributed by atoms with van der Waals surface area (Å²) in [7, 11) is 2.07. The summed E-state index contributed by atoms with van der Waals surface area (Å²) < 4.78 is 2.50. The second-order valence-corrected chi connectivity index (χ2v) is 5.99. The summed E-state index contributed by atoms with van der Waals surface area (Å²) in [5.74, 6) is 0. The summed E-state index contributed by atoms with van der Waals surface area (Å²) in [6, 6.07) is 7.42. The third-order valence-corrected chi connectivity index (χ3v) is 4.69. The van der Waals surface area contributed by atoms with Crippen LogP contribution in [0.1, 0.15) is 24.0 Å². The van der Waals surface area contributed by atoms with Crippen LogP contribution in [0.4, 0.5) is 0 Å². The van der Waals surface area contributed by atoms with Crippen molar-refractivity contribution in [2.45, 2.75) is 37.6 Å². The molecule has 0 radical (unpaired) electrons. The number of hydrogen-bond donors (Lipinski definition) is 1. The summed E-state index contributed by atoms with van der Waals surface area (Å²) in [5, 5.41) is 3.37. The minimum absolute atomic E-state index is 0.713. The Morgan fingerprint density at radius 1 is 1.24 bits per heavy atom. The first-order valence-corrected chi connectivity index (χ1v) is 7.14. The zero-order valence-electron chi connectivity index (χ0n) is 11.0. The highest BCUT2D eigenvalue weighted by Crippen LogP contribution is 2.29. The number of nitrogens with one attached hydrogen (secondary N) is 1. The average molecular weight is 250 g/mol. The van der Waals surface area contributed by atoms with Gasteiger partial charge in [0.25, 0.3) is 0 Å². The first kappa shape index (κ1) is 12.9. The van der Waals surface area contributed by atoms with Gasteiger partial charge in [0.1, 0.15) is 0 Å². The van der Waals surface area contributed by atoms with Gasteiger partial charge in [-0.15, -0.1) is 0 Å². The molecule has 1 aliphatic rings. The summed E-state index contributed by atoms with van der Waals surface area (Å²) >= 11 is 1.92. The number of hydrogen-bond acceptors (Lipinski definition) is 3. The predicted molar refractivity (Wildman–Crippen MR) is 75.4 cm³/mol. The maximum absolute atomic E-state index is 3.37. The maximum atomic E-state index is 3.37. The summed E-state index contributed by atoms with van der Waals surface area (Å²) in [5.41, 5.74) is 2.74. The van der Waals surface area contributed by atoms with E-state index in [2.05, 4.69) is 48.7 Å². The Bertz CT molecular complexity index is 370. The maximum Gasteiger partial charge on any atom is 0.0262 e. The van der Waals surface area contributed by atoms with Crippen molar-refractivity contribution in [2.24, 2.45) is 0 Å². The molecular weight excluding hydrogens is 228 g/mol. The number of benzene rings is 1. The van der Waals surface area contributed by atoms with Gasteiger partial charge in [-0.25, -0.2) is 4.31 Å². The summed E-state index contributed by atoms with van der Waals surface area (Å²) in [6.07, 6.45) is 2.52. The molecule has 0 unspecified atom stereocenters. The van der Waals surface area contributed by atoms with E-state index in [9.17, 15) is 0 Å². The van der Waals surface area contributed by atoms with Gasteiger partial charge in [0.05, 0.1) is 0 Å². The van der Waals surface area contributed by atoms with Crippen LogP contribution in [0.3, 0.4) is 0 Å². The Hall–Kier alpha value is -0.510. The van der Waals surface area contributed by atoms with E-state index in [0.29, 0.717) is 6.04 Å². The Kier molecular flexibility index (Phi) is 4.48. The highest BCUT2D eigenvalue weighted by Gasteiger charge is 2.18. The molecule has 0 saturated carbocycles. The van der Waals surface area contributed by atoms with Gasteiger partial charge in [0, 0.05) is 24.0 Å². The van der Waals surface area contributed by atoms with E-state index in [1.807, 2.05) is 11.9 Å². The molecule has 1 aromatic rings. The van der Waals surface area contributed by atoms with E-state index in [-0.39, 0.29) is 0 Å². The molecule has 17 heavy (non-hydrogen) atoms. The molecule has 2 rings (SSSR count). The van der Waals surface area contributed by atoms with Crippen LogP contribution in [-0.2, 0) is 0 Å². The lowest BCUT2D eigenvalue weighted by atomic mass is 10.1. The Balaban J connectivity index is 1.95. The van der Waals surface area contributed by atoms with E-state index in [0.717, 1.165) is 0 Å². The molecule has 0 atom stereocenters. The molecule has 0 aromatic heterocycles. The average Bonchev–Trinajstić information content (AvgIpc) is 2.35. The minimum atomic E-state index is 0.713. The van der Waals surface area contributed by atoms with Crippen molar-refractivity contribution in [3.63, 3.8) is 0 Å². The zero-order chi connectivity index (χ0) is 12.3. The topological polar surface area (TPSA) is 15.3 Å². The monoisotopic (exact) mass is 250 g/mol. The normalized spacial score (nSPS) is 18.5. The molecule has 1 aromatic carbocycles. The fourth-order valence-electron chi connectivity index (χ4n) is 2.18. The van der Waals surface area contributed by atoms with Gasteiger partial charge in [-0.3, -0.25) is 0 Å². The third kappa shape index (κ3) is 3.47. The lowest BCUT2D eigenvalue weighted by Gasteiger charge is -2.31. The quantitative estimate of drug-likeness (QED) is 0.830.